The first-order valence-corrected chi connectivity index (χ1v) is 8.85. The lowest BCUT2D eigenvalue weighted by molar-refractivity contribution is -0.140. The second-order valence-corrected chi connectivity index (χ2v) is 6.88. The van der Waals surface area contributed by atoms with Gasteiger partial charge in [0.2, 0.25) is 5.91 Å². The summed E-state index contributed by atoms with van der Waals surface area (Å²) in [5, 5.41) is 0. The maximum absolute atomic E-state index is 12.8. The second kappa shape index (κ2) is 8.70. The first kappa shape index (κ1) is 18.3. The molecule has 1 unspecified atom stereocenters. The molecule has 2 fully saturated rings. The van der Waals surface area contributed by atoms with E-state index in [0.717, 1.165) is 45.1 Å². The molecular weight excluding hydrogens is 308 g/mol. The number of likely N-dealkylation sites (tertiary alicyclic amines) is 1. The molecule has 1 atom stereocenters. The predicted octanol–water partition coefficient (Wildman–Crippen LogP) is 3.72. The van der Waals surface area contributed by atoms with Gasteiger partial charge in [0.05, 0.1) is 0 Å². The maximum atomic E-state index is 12.8. The van der Waals surface area contributed by atoms with Gasteiger partial charge in [-0.1, -0.05) is 30.3 Å². The van der Waals surface area contributed by atoms with Gasteiger partial charge < -0.3 is 10.6 Å². The SMILES string of the molecule is Cl.NCC1CCCCN1C(=O)C1CCC(c2ccccc2)CC1. The van der Waals surface area contributed by atoms with Crippen LogP contribution in [0, 0.1) is 5.92 Å². The molecule has 128 valence electrons. The quantitative estimate of drug-likeness (QED) is 0.914. The molecule has 1 saturated carbocycles. The van der Waals surface area contributed by atoms with E-state index in [2.05, 4.69) is 35.2 Å². The summed E-state index contributed by atoms with van der Waals surface area (Å²) in [6.45, 7) is 1.53. The number of carbonyl (C=O) groups excluding carboxylic acids is 1. The fraction of sp³-hybridized carbons (Fsp3) is 0.632. The van der Waals surface area contributed by atoms with E-state index in [1.165, 1.54) is 12.0 Å². The predicted molar refractivity (Wildman–Crippen MR) is 96.8 cm³/mol. The van der Waals surface area contributed by atoms with Crippen molar-refractivity contribution in [3.63, 3.8) is 0 Å². The van der Waals surface area contributed by atoms with E-state index in [-0.39, 0.29) is 24.4 Å². The van der Waals surface area contributed by atoms with Crippen LogP contribution >= 0.6 is 12.4 Å². The Balaban J connectivity index is 0.00000192. The van der Waals surface area contributed by atoms with E-state index in [1.807, 2.05) is 0 Å². The highest BCUT2D eigenvalue weighted by molar-refractivity contribution is 5.85. The van der Waals surface area contributed by atoms with Gasteiger partial charge in [0, 0.05) is 25.0 Å². The topological polar surface area (TPSA) is 46.3 Å². The summed E-state index contributed by atoms with van der Waals surface area (Å²) in [5.41, 5.74) is 7.30. The zero-order chi connectivity index (χ0) is 15.4. The van der Waals surface area contributed by atoms with Crippen molar-refractivity contribution in [2.24, 2.45) is 11.7 Å². The number of nitrogens with zero attached hydrogens (tertiary/aromatic N) is 1. The van der Waals surface area contributed by atoms with Crippen molar-refractivity contribution in [2.45, 2.75) is 56.9 Å². The van der Waals surface area contributed by atoms with Crippen molar-refractivity contribution in [2.75, 3.05) is 13.1 Å². The second-order valence-electron chi connectivity index (χ2n) is 6.88. The van der Waals surface area contributed by atoms with Crippen molar-refractivity contribution in [1.82, 2.24) is 4.90 Å². The third kappa shape index (κ3) is 4.27. The minimum atomic E-state index is 0. The lowest BCUT2D eigenvalue weighted by Crippen LogP contribution is -2.50. The molecule has 3 rings (SSSR count). The average Bonchev–Trinajstić information content (AvgIpc) is 2.62. The number of amides is 1. The van der Waals surface area contributed by atoms with E-state index < -0.39 is 0 Å². The molecular formula is C19H29ClN2O. The molecule has 1 amide bonds. The molecule has 0 bridgehead atoms. The Labute approximate surface area is 146 Å². The fourth-order valence-corrected chi connectivity index (χ4v) is 4.17. The minimum Gasteiger partial charge on any atom is -0.338 e. The van der Waals surface area contributed by atoms with Gasteiger partial charge in [-0.15, -0.1) is 12.4 Å². The number of hydrogen-bond acceptors (Lipinski definition) is 2. The maximum Gasteiger partial charge on any atom is 0.225 e. The molecule has 1 heterocycles. The summed E-state index contributed by atoms with van der Waals surface area (Å²) in [6, 6.07) is 11.0. The lowest BCUT2D eigenvalue weighted by Gasteiger charge is -2.39. The van der Waals surface area contributed by atoms with Gasteiger partial charge in [0.25, 0.3) is 0 Å². The summed E-state index contributed by atoms with van der Waals surface area (Å²) in [7, 11) is 0. The number of nitrogens with two attached hydrogens (primary N) is 1. The molecule has 3 nitrogen and oxygen atoms in total. The van der Waals surface area contributed by atoms with E-state index in [4.69, 9.17) is 5.73 Å². The number of hydrogen-bond donors (Lipinski definition) is 1. The lowest BCUT2D eigenvalue weighted by atomic mass is 9.78. The highest BCUT2D eigenvalue weighted by Crippen LogP contribution is 2.37. The number of halogens is 1. The average molecular weight is 337 g/mol. The first-order chi connectivity index (χ1) is 10.8. The van der Waals surface area contributed by atoms with Crippen LogP contribution in [0.15, 0.2) is 30.3 Å². The van der Waals surface area contributed by atoms with Gasteiger partial charge in [-0.3, -0.25) is 4.79 Å². The van der Waals surface area contributed by atoms with E-state index >= 15 is 0 Å². The van der Waals surface area contributed by atoms with Gasteiger partial charge in [0.1, 0.15) is 0 Å². The molecule has 1 aromatic rings. The summed E-state index contributed by atoms with van der Waals surface area (Å²) >= 11 is 0. The van der Waals surface area contributed by atoms with Gasteiger partial charge in [-0.05, 0) is 56.4 Å². The zero-order valence-electron chi connectivity index (χ0n) is 13.8. The smallest absolute Gasteiger partial charge is 0.225 e. The van der Waals surface area contributed by atoms with E-state index in [9.17, 15) is 4.79 Å². The normalized spacial score (nSPS) is 28.0. The molecule has 1 saturated heterocycles. The Bertz CT molecular complexity index is 485. The fourth-order valence-electron chi connectivity index (χ4n) is 4.17. The Morgan fingerprint density at radius 3 is 2.39 bits per heavy atom. The monoisotopic (exact) mass is 336 g/mol. The van der Waals surface area contributed by atoms with Crippen LogP contribution in [0.3, 0.4) is 0 Å². The van der Waals surface area contributed by atoms with Crippen molar-refractivity contribution in [3.05, 3.63) is 35.9 Å². The van der Waals surface area contributed by atoms with Gasteiger partial charge in [0.15, 0.2) is 0 Å². The standard InChI is InChI=1S/C19H28N2O.ClH/c20-14-18-8-4-5-13-21(18)19(22)17-11-9-16(10-12-17)15-6-2-1-3-7-15;/h1-3,6-7,16-18H,4-5,8-14,20H2;1H. The van der Waals surface area contributed by atoms with Crippen molar-refractivity contribution in [3.8, 4) is 0 Å². The van der Waals surface area contributed by atoms with Gasteiger partial charge in [-0.2, -0.15) is 0 Å². The highest BCUT2D eigenvalue weighted by atomic mass is 35.5. The van der Waals surface area contributed by atoms with Gasteiger partial charge in [-0.25, -0.2) is 0 Å². The summed E-state index contributed by atoms with van der Waals surface area (Å²) in [5.74, 6) is 1.24. The van der Waals surface area contributed by atoms with Crippen LogP contribution in [-0.4, -0.2) is 29.9 Å². The Kier molecular flexibility index (Phi) is 6.91. The number of piperidine rings is 1. The van der Waals surface area contributed by atoms with E-state index in [1.54, 1.807) is 0 Å². The number of rotatable bonds is 3. The molecule has 2 N–H and O–H groups in total. The Morgan fingerprint density at radius 2 is 1.74 bits per heavy atom. The first-order valence-electron chi connectivity index (χ1n) is 8.85. The molecule has 4 heteroatoms. The molecule has 2 aliphatic rings. The van der Waals surface area contributed by atoms with Crippen LogP contribution in [0.2, 0.25) is 0 Å². The summed E-state index contributed by atoms with van der Waals surface area (Å²) < 4.78 is 0. The van der Waals surface area contributed by atoms with Crippen LogP contribution in [0.5, 0.6) is 0 Å². The molecule has 23 heavy (non-hydrogen) atoms. The summed E-state index contributed by atoms with van der Waals surface area (Å²) in [4.78, 5) is 14.9. The number of carbonyl (C=O) groups is 1. The largest absolute Gasteiger partial charge is 0.338 e. The molecule has 1 aromatic carbocycles. The zero-order valence-corrected chi connectivity index (χ0v) is 14.6. The van der Waals surface area contributed by atoms with E-state index in [0.29, 0.717) is 18.4 Å². The third-order valence-electron chi connectivity index (χ3n) is 5.53. The van der Waals surface area contributed by atoms with Crippen LogP contribution in [0.25, 0.3) is 0 Å². The van der Waals surface area contributed by atoms with Crippen LogP contribution < -0.4 is 5.73 Å². The van der Waals surface area contributed by atoms with Gasteiger partial charge >= 0.3 is 0 Å². The summed E-state index contributed by atoms with van der Waals surface area (Å²) in [6.07, 6.45) is 7.79. The molecule has 1 aliphatic heterocycles. The number of benzene rings is 1. The van der Waals surface area contributed by atoms with Crippen LogP contribution in [0.1, 0.15) is 56.4 Å². The molecule has 0 aromatic heterocycles. The molecule has 0 spiro atoms. The third-order valence-corrected chi connectivity index (χ3v) is 5.53. The van der Waals surface area contributed by atoms with Crippen molar-refractivity contribution < 1.29 is 4.79 Å². The van der Waals surface area contributed by atoms with Crippen molar-refractivity contribution in [1.29, 1.82) is 0 Å². The molecule has 1 aliphatic carbocycles. The molecule has 0 radical (unpaired) electrons. The van der Waals surface area contributed by atoms with Crippen LogP contribution in [0.4, 0.5) is 0 Å². The Morgan fingerprint density at radius 1 is 1.04 bits per heavy atom. The minimum absolute atomic E-state index is 0. The Hall–Kier alpha value is -1.06. The highest BCUT2D eigenvalue weighted by Gasteiger charge is 2.33. The van der Waals surface area contributed by atoms with Crippen molar-refractivity contribution >= 4 is 18.3 Å². The van der Waals surface area contributed by atoms with Crippen LogP contribution in [-0.2, 0) is 4.79 Å².